The fourth-order valence-electron chi connectivity index (χ4n) is 2.46. The van der Waals surface area contributed by atoms with E-state index in [2.05, 4.69) is 10.3 Å². The Morgan fingerprint density at radius 2 is 1.87 bits per heavy atom. The molecular weight excluding hydrogens is 288 g/mol. The van der Waals surface area contributed by atoms with Gasteiger partial charge in [0.05, 0.1) is 7.11 Å². The molecule has 0 aliphatic rings. The number of nitrogens with zero attached hydrogens (tertiary/aromatic N) is 1. The van der Waals surface area contributed by atoms with Gasteiger partial charge in [0, 0.05) is 18.0 Å². The van der Waals surface area contributed by atoms with Crippen molar-refractivity contribution in [2.75, 3.05) is 12.4 Å². The highest BCUT2D eigenvalue weighted by atomic mass is 16.5. The van der Waals surface area contributed by atoms with Gasteiger partial charge in [-0.15, -0.1) is 0 Å². The van der Waals surface area contributed by atoms with E-state index in [1.165, 1.54) is 0 Å². The second-order valence-electron chi connectivity index (χ2n) is 5.28. The van der Waals surface area contributed by atoms with Crippen molar-refractivity contribution in [2.24, 2.45) is 0 Å². The summed E-state index contributed by atoms with van der Waals surface area (Å²) in [5, 5.41) is 4.92. The first-order valence-electron chi connectivity index (χ1n) is 7.53. The number of aryl methyl sites for hydroxylation is 1. The van der Waals surface area contributed by atoms with E-state index >= 15 is 0 Å². The van der Waals surface area contributed by atoms with Crippen molar-refractivity contribution in [1.29, 1.82) is 0 Å². The van der Waals surface area contributed by atoms with Crippen LogP contribution in [0.1, 0.15) is 12.0 Å². The smallest absolute Gasteiger partial charge is 0.225 e. The number of aromatic nitrogens is 1. The van der Waals surface area contributed by atoms with Crippen LogP contribution in [0.5, 0.6) is 5.75 Å². The van der Waals surface area contributed by atoms with Gasteiger partial charge in [-0.25, -0.2) is 4.98 Å². The monoisotopic (exact) mass is 306 g/mol. The van der Waals surface area contributed by atoms with Crippen molar-refractivity contribution in [3.8, 4) is 5.75 Å². The van der Waals surface area contributed by atoms with Crippen LogP contribution in [0.4, 0.5) is 5.82 Å². The van der Waals surface area contributed by atoms with E-state index in [-0.39, 0.29) is 5.91 Å². The van der Waals surface area contributed by atoms with Crippen LogP contribution in [0, 0.1) is 0 Å². The molecule has 4 nitrogen and oxygen atoms in total. The van der Waals surface area contributed by atoms with Crippen LogP contribution in [0.2, 0.25) is 0 Å². The van der Waals surface area contributed by atoms with Gasteiger partial charge in [-0.05, 0) is 35.6 Å². The molecule has 1 aromatic heterocycles. The summed E-state index contributed by atoms with van der Waals surface area (Å²) in [4.78, 5) is 16.5. The first-order chi connectivity index (χ1) is 11.3. The van der Waals surface area contributed by atoms with Gasteiger partial charge >= 0.3 is 0 Å². The third-order valence-electron chi connectivity index (χ3n) is 3.73. The highest BCUT2D eigenvalue weighted by Gasteiger charge is 2.07. The number of amides is 1. The molecule has 1 amide bonds. The molecule has 3 aromatic rings. The maximum absolute atomic E-state index is 12.2. The first-order valence-corrected chi connectivity index (χ1v) is 7.53. The zero-order chi connectivity index (χ0) is 16.1. The van der Waals surface area contributed by atoms with Gasteiger partial charge in [0.2, 0.25) is 5.91 Å². The van der Waals surface area contributed by atoms with Gasteiger partial charge in [0.1, 0.15) is 11.6 Å². The van der Waals surface area contributed by atoms with Crippen molar-refractivity contribution < 1.29 is 9.53 Å². The Bertz CT molecular complexity index is 808. The van der Waals surface area contributed by atoms with Gasteiger partial charge in [0.25, 0.3) is 0 Å². The lowest BCUT2D eigenvalue weighted by molar-refractivity contribution is -0.116. The minimum Gasteiger partial charge on any atom is -0.497 e. The molecule has 116 valence electrons. The minimum absolute atomic E-state index is 0.0373. The summed E-state index contributed by atoms with van der Waals surface area (Å²) in [7, 11) is 1.64. The van der Waals surface area contributed by atoms with E-state index in [4.69, 9.17) is 4.74 Å². The lowest BCUT2D eigenvalue weighted by Crippen LogP contribution is -2.13. The summed E-state index contributed by atoms with van der Waals surface area (Å²) in [6.07, 6.45) is 2.80. The van der Waals surface area contributed by atoms with Gasteiger partial charge in [0.15, 0.2) is 0 Å². The van der Waals surface area contributed by atoms with Gasteiger partial charge in [-0.1, -0.05) is 36.4 Å². The average Bonchev–Trinajstić information content (AvgIpc) is 2.61. The Hall–Kier alpha value is -2.88. The van der Waals surface area contributed by atoms with Crippen LogP contribution in [-0.2, 0) is 11.2 Å². The molecule has 0 atom stereocenters. The molecule has 0 aliphatic heterocycles. The third kappa shape index (κ3) is 3.66. The Morgan fingerprint density at radius 1 is 1.09 bits per heavy atom. The number of ether oxygens (including phenoxy) is 1. The Balaban J connectivity index is 1.64. The molecule has 1 heterocycles. The topological polar surface area (TPSA) is 51.2 Å². The number of fused-ring (bicyclic) bond motifs is 1. The minimum atomic E-state index is -0.0373. The Labute approximate surface area is 135 Å². The summed E-state index contributed by atoms with van der Waals surface area (Å²) in [6, 6.07) is 17.6. The maximum Gasteiger partial charge on any atom is 0.225 e. The van der Waals surface area contributed by atoms with Crippen LogP contribution in [-0.4, -0.2) is 18.0 Å². The van der Waals surface area contributed by atoms with Crippen LogP contribution >= 0.6 is 0 Å². The summed E-state index contributed by atoms with van der Waals surface area (Å²) in [5.74, 6) is 1.39. The molecule has 23 heavy (non-hydrogen) atoms. The van der Waals surface area contributed by atoms with Crippen molar-refractivity contribution in [1.82, 2.24) is 4.98 Å². The first kappa shape index (κ1) is 15.0. The van der Waals surface area contributed by atoms with E-state index in [1.54, 1.807) is 13.3 Å². The fourth-order valence-corrected chi connectivity index (χ4v) is 2.46. The number of pyridine rings is 1. The van der Waals surface area contributed by atoms with Crippen LogP contribution < -0.4 is 10.1 Å². The molecule has 0 radical (unpaired) electrons. The molecule has 0 bridgehead atoms. The summed E-state index contributed by atoms with van der Waals surface area (Å²) < 4.78 is 5.13. The van der Waals surface area contributed by atoms with Gasteiger partial charge in [-0.3, -0.25) is 4.79 Å². The SMILES string of the molecule is COc1ccc(CCC(=O)Nc2nccc3ccccc23)cc1. The largest absolute Gasteiger partial charge is 0.497 e. The molecule has 0 fully saturated rings. The van der Waals surface area contributed by atoms with E-state index in [0.717, 1.165) is 22.1 Å². The number of hydrogen-bond donors (Lipinski definition) is 1. The van der Waals surface area contributed by atoms with E-state index in [1.807, 2.05) is 54.6 Å². The average molecular weight is 306 g/mol. The van der Waals surface area contributed by atoms with Crippen LogP contribution in [0.15, 0.2) is 60.8 Å². The van der Waals surface area contributed by atoms with Gasteiger partial charge < -0.3 is 10.1 Å². The zero-order valence-corrected chi connectivity index (χ0v) is 13.0. The van der Waals surface area contributed by atoms with Crippen molar-refractivity contribution >= 4 is 22.5 Å². The number of carbonyl (C=O) groups is 1. The molecule has 0 spiro atoms. The molecule has 0 saturated carbocycles. The number of methoxy groups -OCH3 is 1. The van der Waals surface area contributed by atoms with Crippen molar-refractivity contribution in [3.05, 3.63) is 66.4 Å². The normalized spacial score (nSPS) is 10.5. The predicted molar refractivity (Wildman–Crippen MR) is 91.7 cm³/mol. The number of carbonyl (C=O) groups excluding carboxylic acids is 1. The molecular formula is C19H18N2O2. The lowest BCUT2D eigenvalue weighted by Gasteiger charge is -2.08. The molecule has 3 rings (SSSR count). The zero-order valence-electron chi connectivity index (χ0n) is 13.0. The Kier molecular flexibility index (Phi) is 4.52. The molecule has 4 heteroatoms. The summed E-state index contributed by atoms with van der Waals surface area (Å²) >= 11 is 0. The van der Waals surface area contributed by atoms with Crippen LogP contribution in [0.3, 0.4) is 0 Å². The lowest BCUT2D eigenvalue weighted by atomic mass is 10.1. The quantitative estimate of drug-likeness (QED) is 0.779. The highest BCUT2D eigenvalue weighted by Crippen LogP contribution is 2.20. The number of benzene rings is 2. The predicted octanol–water partition coefficient (Wildman–Crippen LogP) is 3.81. The number of nitrogens with one attached hydrogen (secondary N) is 1. The van der Waals surface area contributed by atoms with Crippen LogP contribution in [0.25, 0.3) is 10.8 Å². The maximum atomic E-state index is 12.2. The molecule has 1 N–H and O–H groups in total. The number of anilines is 1. The molecule has 0 aliphatic carbocycles. The fraction of sp³-hybridized carbons (Fsp3) is 0.158. The third-order valence-corrected chi connectivity index (χ3v) is 3.73. The summed E-state index contributed by atoms with van der Waals surface area (Å²) in [6.45, 7) is 0. The Morgan fingerprint density at radius 3 is 2.65 bits per heavy atom. The highest BCUT2D eigenvalue weighted by molar-refractivity contribution is 6.00. The molecule has 0 saturated heterocycles. The number of rotatable bonds is 5. The van der Waals surface area contributed by atoms with E-state index in [0.29, 0.717) is 18.7 Å². The van der Waals surface area contributed by atoms with E-state index < -0.39 is 0 Å². The second kappa shape index (κ2) is 6.92. The standard InChI is InChI=1S/C19H18N2O2/c1-23-16-9-6-14(7-10-16)8-11-18(22)21-19-17-5-3-2-4-15(17)12-13-20-19/h2-7,9-10,12-13H,8,11H2,1H3,(H,20,21,22). The molecule has 0 unspecified atom stereocenters. The van der Waals surface area contributed by atoms with E-state index in [9.17, 15) is 4.79 Å². The van der Waals surface area contributed by atoms with Crippen molar-refractivity contribution in [2.45, 2.75) is 12.8 Å². The van der Waals surface area contributed by atoms with Gasteiger partial charge in [-0.2, -0.15) is 0 Å². The number of hydrogen-bond acceptors (Lipinski definition) is 3. The molecule has 2 aromatic carbocycles. The van der Waals surface area contributed by atoms with Crippen molar-refractivity contribution in [3.63, 3.8) is 0 Å². The summed E-state index contributed by atoms with van der Waals surface area (Å²) in [5.41, 5.74) is 1.10. The second-order valence-corrected chi connectivity index (χ2v) is 5.28.